The molecule has 0 unspecified atom stereocenters. The van der Waals surface area contributed by atoms with Gasteiger partial charge in [0.05, 0.1) is 22.7 Å². The van der Waals surface area contributed by atoms with E-state index in [2.05, 4.69) is 5.32 Å². The second-order valence-corrected chi connectivity index (χ2v) is 8.07. The predicted octanol–water partition coefficient (Wildman–Crippen LogP) is 2.80. The van der Waals surface area contributed by atoms with Crippen molar-refractivity contribution in [3.05, 3.63) is 64.1 Å². The fraction of sp³-hybridized carbons (Fsp3) is 0.100. The summed E-state index contributed by atoms with van der Waals surface area (Å²) in [5.74, 6) is -0.982. The van der Waals surface area contributed by atoms with Crippen molar-refractivity contribution in [1.29, 1.82) is 0 Å². The Kier molecular flexibility index (Phi) is 5.08. The van der Waals surface area contributed by atoms with Gasteiger partial charge in [-0.05, 0) is 41.5 Å². The molecule has 0 atom stereocenters. The molecule has 4 rings (SSSR count). The number of rotatable bonds is 4. The molecule has 0 aliphatic carbocycles. The number of nitrogens with one attached hydrogen (secondary N) is 1. The Balaban J connectivity index is 1.67. The second kappa shape index (κ2) is 7.69. The standard InChI is InChI=1S/C20H14N2O5S2/c23-17-10-27-15-5-4-11(8-16-18(24)21-20(28)29-16)7-14(15)22(17)9-12-2-1-3-13(6-12)19(25)26/h1-8H,9-10H2,(H,25,26)(H,21,24,28). The average molecular weight is 426 g/mol. The van der Waals surface area contributed by atoms with Crippen LogP contribution in [-0.4, -0.2) is 33.8 Å². The van der Waals surface area contributed by atoms with Crippen molar-refractivity contribution in [1.82, 2.24) is 5.32 Å². The molecule has 1 saturated heterocycles. The van der Waals surface area contributed by atoms with Crippen LogP contribution in [0.15, 0.2) is 47.4 Å². The molecule has 2 aliphatic heterocycles. The molecule has 2 amide bonds. The summed E-state index contributed by atoms with van der Waals surface area (Å²) in [4.78, 5) is 37.6. The molecule has 9 heteroatoms. The highest BCUT2D eigenvalue weighted by atomic mass is 32.2. The van der Waals surface area contributed by atoms with Crippen LogP contribution in [0.3, 0.4) is 0 Å². The van der Waals surface area contributed by atoms with Gasteiger partial charge >= 0.3 is 5.97 Å². The third-order valence-electron chi connectivity index (χ3n) is 4.38. The van der Waals surface area contributed by atoms with E-state index < -0.39 is 5.97 Å². The average Bonchev–Trinajstić information content (AvgIpc) is 3.01. The maximum Gasteiger partial charge on any atom is 0.335 e. The van der Waals surface area contributed by atoms with Gasteiger partial charge in [0.25, 0.3) is 11.8 Å². The number of nitrogens with zero attached hydrogens (tertiary/aromatic N) is 1. The summed E-state index contributed by atoms with van der Waals surface area (Å²) in [6.07, 6.45) is 1.70. The molecular formula is C20H14N2O5S2. The summed E-state index contributed by atoms with van der Waals surface area (Å²) < 4.78 is 5.92. The summed E-state index contributed by atoms with van der Waals surface area (Å²) in [5, 5.41) is 11.7. The quantitative estimate of drug-likeness (QED) is 0.573. The Hall–Kier alpha value is -3.17. The number of fused-ring (bicyclic) bond motifs is 1. The van der Waals surface area contributed by atoms with E-state index in [9.17, 15) is 19.5 Å². The molecule has 0 saturated carbocycles. The van der Waals surface area contributed by atoms with Crippen LogP contribution in [0.4, 0.5) is 5.69 Å². The molecule has 1 fully saturated rings. The van der Waals surface area contributed by atoms with Crippen LogP contribution in [0.25, 0.3) is 6.08 Å². The topological polar surface area (TPSA) is 95.9 Å². The highest BCUT2D eigenvalue weighted by Crippen LogP contribution is 2.35. The number of carbonyl (C=O) groups is 3. The van der Waals surface area contributed by atoms with E-state index in [1.54, 1.807) is 41.3 Å². The smallest absolute Gasteiger partial charge is 0.335 e. The Bertz CT molecular complexity index is 1100. The number of anilines is 1. The lowest BCUT2D eigenvalue weighted by Gasteiger charge is -2.30. The summed E-state index contributed by atoms with van der Waals surface area (Å²) >= 11 is 6.18. The molecule has 7 nitrogen and oxygen atoms in total. The summed E-state index contributed by atoms with van der Waals surface area (Å²) in [7, 11) is 0. The van der Waals surface area contributed by atoms with Crippen molar-refractivity contribution in [3.63, 3.8) is 0 Å². The molecule has 0 bridgehead atoms. The number of carboxylic acid groups (broad SMARTS) is 1. The summed E-state index contributed by atoms with van der Waals surface area (Å²) in [5.41, 5.74) is 2.11. The van der Waals surface area contributed by atoms with E-state index in [1.165, 1.54) is 23.9 Å². The van der Waals surface area contributed by atoms with Crippen LogP contribution < -0.4 is 15.0 Å². The zero-order chi connectivity index (χ0) is 20.5. The Labute approximate surface area is 175 Å². The van der Waals surface area contributed by atoms with Crippen molar-refractivity contribution in [2.75, 3.05) is 11.5 Å². The molecule has 2 aromatic rings. The fourth-order valence-corrected chi connectivity index (χ4v) is 4.08. The number of thiocarbonyl (C=S) groups is 1. The summed E-state index contributed by atoms with van der Waals surface area (Å²) in [6.45, 7) is 0.105. The molecule has 2 aliphatic rings. The summed E-state index contributed by atoms with van der Waals surface area (Å²) in [6, 6.07) is 11.7. The number of hydrogen-bond acceptors (Lipinski definition) is 6. The lowest BCUT2D eigenvalue weighted by atomic mass is 10.1. The lowest BCUT2D eigenvalue weighted by molar-refractivity contribution is -0.121. The van der Waals surface area contributed by atoms with E-state index >= 15 is 0 Å². The third kappa shape index (κ3) is 4.01. The second-order valence-electron chi connectivity index (χ2n) is 6.35. The molecule has 0 spiro atoms. The number of benzene rings is 2. The highest BCUT2D eigenvalue weighted by Gasteiger charge is 2.27. The zero-order valence-corrected chi connectivity index (χ0v) is 16.5. The minimum Gasteiger partial charge on any atom is -0.482 e. The van der Waals surface area contributed by atoms with E-state index in [0.29, 0.717) is 31.8 Å². The Morgan fingerprint density at radius 2 is 2.10 bits per heavy atom. The highest BCUT2D eigenvalue weighted by molar-refractivity contribution is 8.26. The first kappa shape index (κ1) is 19.2. The number of carboxylic acids is 1. The third-order valence-corrected chi connectivity index (χ3v) is 5.54. The van der Waals surface area contributed by atoms with Gasteiger partial charge in [-0.2, -0.15) is 0 Å². The fourth-order valence-electron chi connectivity index (χ4n) is 3.04. The van der Waals surface area contributed by atoms with E-state index in [-0.39, 0.29) is 30.5 Å². The Morgan fingerprint density at radius 1 is 1.28 bits per heavy atom. The molecular weight excluding hydrogens is 412 g/mol. The van der Waals surface area contributed by atoms with Crippen LogP contribution in [0.2, 0.25) is 0 Å². The largest absolute Gasteiger partial charge is 0.482 e. The first-order valence-electron chi connectivity index (χ1n) is 8.55. The molecule has 2 heterocycles. The number of carbonyl (C=O) groups excluding carboxylic acids is 2. The monoisotopic (exact) mass is 426 g/mol. The molecule has 0 aromatic heterocycles. The maximum atomic E-state index is 12.5. The van der Waals surface area contributed by atoms with Crippen LogP contribution in [-0.2, 0) is 16.1 Å². The number of hydrogen-bond donors (Lipinski definition) is 2. The molecule has 2 N–H and O–H groups in total. The van der Waals surface area contributed by atoms with Crippen molar-refractivity contribution < 1.29 is 24.2 Å². The molecule has 0 radical (unpaired) electrons. The van der Waals surface area contributed by atoms with Crippen LogP contribution >= 0.6 is 24.0 Å². The van der Waals surface area contributed by atoms with Crippen LogP contribution in [0.5, 0.6) is 5.75 Å². The number of amides is 2. The molecule has 146 valence electrons. The van der Waals surface area contributed by atoms with E-state index in [4.69, 9.17) is 17.0 Å². The molecule has 2 aromatic carbocycles. The Morgan fingerprint density at radius 3 is 2.83 bits per heavy atom. The van der Waals surface area contributed by atoms with Crippen molar-refractivity contribution in [2.24, 2.45) is 0 Å². The van der Waals surface area contributed by atoms with E-state index in [0.717, 1.165) is 0 Å². The van der Waals surface area contributed by atoms with Crippen molar-refractivity contribution >= 4 is 57.8 Å². The SMILES string of the molecule is O=C1NC(=S)SC1=Cc1ccc2c(c1)N(Cc1cccc(C(=O)O)c1)C(=O)CO2. The van der Waals surface area contributed by atoms with Gasteiger partial charge < -0.3 is 20.1 Å². The number of aromatic carboxylic acids is 1. The number of thioether (sulfide) groups is 1. The maximum absolute atomic E-state index is 12.5. The minimum absolute atomic E-state index is 0.0986. The van der Waals surface area contributed by atoms with Gasteiger partial charge in [-0.1, -0.05) is 42.2 Å². The van der Waals surface area contributed by atoms with Gasteiger partial charge in [0.15, 0.2) is 6.61 Å². The van der Waals surface area contributed by atoms with Gasteiger partial charge in [0, 0.05) is 0 Å². The zero-order valence-electron chi connectivity index (χ0n) is 14.9. The normalized spacial score (nSPS) is 17.2. The van der Waals surface area contributed by atoms with Crippen molar-refractivity contribution in [2.45, 2.75) is 6.54 Å². The minimum atomic E-state index is -1.03. The van der Waals surface area contributed by atoms with Crippen LogP contribution in [0.1, 0.15) is 21.5 Å². The van der Waals surface area contributed by atoms with Crippen LogP contribution in [0, 0.1) is 0 Å². The van der Waals surface area contributed by atoms with Gasteiger partial charge in [-0.3, -0.25) is 9.59 Å². The molecule has 29 heavy (non-hydrogen) atoms. The van der Waals surface area contributed by atoms with Gasteiger partial charge in [0.2, 0.25) is 0 Å². The predicted molar refractivity (Wildman–Crippen MR) is 113 cm³/mol. The van der Waals surface area contributed by atoms with Gasteiger partial charge in [-0.25, -0.2) is 4.79 Å². The van der Waals surface area contributed by atoms with Gasteiger partial charge in [0.1, 0.15) is 10.1 Å². The first-order valence-corrected chi connectivity index (χ1v) is 9.77. The lowest BCUT2D eigenvalue weighted by Crippen LogP contribution is -2.38. The number of ether oxygens (including phenoxy) is 1. The van der Waals surface area contributed by atoms with Crippen molar-refractivity contribution in [3.8, 4) is 5.75 Å². The van der Waals surface area contributed by atoms with E-state index in [1.807, 2.05) is 0 Å². The van der Waals surface area contributed by atoms with Gasteiger partial charge in [-0.15, -0.1) is 0 Å². The first-order chi connectivity index (χ1) is 13.9.